The number of ether oxygens (including phenoxy) is 2. The lowest BCUT2D eigenvalue weighted by Gasteiger charge is -2.12. The van der Waals surface area contributed by atoms with Gasteiger partial charge in [-0.1, -0.05) is 23.7 Å². The maximum atomic E-state index is 12.7. The lowest BCUT2D eigenvalue weighted by molar-refractivity contribution is 0.251. The Balaban J connectivity index is 1.93. The fraction of sp³-hybridized carbons (Fsp3) is 0.111. The summed E-state index contributed by atoms with van der Waals surface area (Å²) in [6, 6.07) is 13.3. The van der Waals surface area contributed by atoms with E-state index in [1.165, 1.54) is 11.8 Å². The van der Waals surface area contributed by atoms with Gasteiger partial charge in [0.05, 0.1) is 25.6 Å². The molecule has 1 aromatic heterocycles. The molecule has 134 valence electrons. The van der Waals surface area contributed by atoms with Crippen molar-refractivity contribution in [3.8, 4) is 22.8 Å². The highest BCUT2D eigenvalue weighted by Gasteiger charge is 2.17. The first-order valence-corrected chi connectivity index (χ1v) is 8.04. The molecule has 3 aromatic rings. The van der Waals surface area contributed by atoms with Crippen LogP contribution in [0.5, 0.6) is 11.5 Å². The van der Waals surface area contributed by atoms with E-state index < -0.39 is 6.03 Å². The zero-order chi connectivity index (χ0) is 18.7. The average Bonchev–Trinajstić information content (AvgIpc) is 3.04. The Hall–Kier alpha value is -3.19. The molecule has 0 spiro atoms. The Morgan fingerprint density at radius 2 is 1.85 bits per heavy atom. The molecular formula is C18H17ClN4O3. The van der Waals surface area contributed by atoms with E-state index in [1.54, 1.807) is 55.6 Å². The maximum absolute atomic E-state index is 12.7. The summed E-state index contributed by atoms with van der Waals surface area (Å²) in [7, 11) is 3.06. The molecule has 0 saturated heterocycles. The fourth-order valence-corrected chi connectivity index (χ4v) is 2.58. The molecule has 3 rings (SSSR count). The molecule has 1 heterocycles. The van der Waals surface area contributed by atoms with Crippen LogP contribution in [-0.2, 0) is 0 Å². The van der Waals surface area contributed by atoms with Gasteiger partial charge < -0.3 is 20.5 Å². The summed E-state index contributed by atoms with van der Waals surface area (Å²) in [4.78, 5) is 12.7. The summed E-state index contributed by atoms with van der Waals surface area (Å²) in [5.74, 6) is 1.31. The van der Waals surface area contributed by atoms with Crippen LogP contribution in [0.1, 0.15) is 0 Å². The number of aromatic nitrogens is 2. The largest absolute Gasteiger partial charge is 0.497 e. The number of halogens is 1. The van der Waals surface area contributed by atoms with Crippen LogP contribution in [0.25, 0.3) is 11.3 Å². The van der Waals surface area contributed by atoms with E-state index in [-0.39, 0.29) is 5.82 Å². The van der Waals surface area contributed by atoms with Gasteiger partial charge in [-0.05, 0) is 24.3 Å². The first kappa shape index (κ1) is 17.6. The fourth-order valence-electron chi connectivity index (χ4n) is 2.45. The summed E-state index contributed by atoms with van der Waals surface area (Å²) in [5, 5.41) is 7.44. The molecule has 0 aliphatic carbocycles. The summed E-state index contributed by atoms with van der Waals surface area (Å²) in [6.07, 6.45) is 0. The molecule has 1 amide bonds. The number of hydrogen-bond donors (Lipinski definition) is 2. The van der Waals surface area contributed by atoms with Crippen LogP contribution in [0, 0.1) is 0 Å². The molecule has 7 nitrogen and oxygen atoms in total. The lowest BCUT2D eigenvalue weighted by Crippen LogP contribution is -2.22. The molecule has 0 bridgehead atoms. The van der Waals surface area contributed by atoms with Crippen LogP contribution in [0.4, 0.5) is 16.3 Å². The van der Waals surface area contributed by atoms with Crippen LogP contribution in [0.15, 0.2) is 48.5 Å². The van der Waals surface area contributed by atoms with Gasteiger partial charge in [0, 0.05) is 22.7 Å². The molecule has 0 fully saturated rings. The number of nitrogen functional groups attached to an aromatic ring is 1. The number of carbonyl (C=O) groups excluding carboxylic acids is 1. The van der Waals surface area contributed by atoms with Crippen LogP contribution < -0.4 is 20.5 Å². The molecule has 0 radical (unpaired) electrons. The van der Waals surface area contributed by atoms with E-state index in [0.29, 0.717) is 27.9 Å². The molecule has 2 aromatic carbocycles. The number of hydrogen-bond acceptors (Lipinski definition) is 5. The predicted octanol–water partition coefficient (Wildman–Crippen LogP) is 3.88. The second-order valence-corrected chi connectivity index (χ2v) is 5.81. The number of carbonyl (C=O) groups is 1. The second kappa shape index (κ2) is 7.37. The first-order valence-electron chi connectivity index (χ1n) is 7.66. The van der Waals surface area contributed by atoms with Crippen molar-refractivity contribution in [2.75, 3.05) is 25.3 Å². The molecule has 3 N–H and O–H groups in total. The molecule has 0 unspecified atom stereocenters. The number of amides is 1. The molecule has 0 aliphatic heterocycles. The highest BCUT2D eigenvalue weighted by molar-refractivity contribution is 6.30. The summed E-state index contributed by atoms with van der Waals surface area (Å²) >= 11 is 5.92. The Morgan fingerprint density at radius 3 is 2.50 bits per heavy atom. The second-order valence-electron chi connectivity index (χ2n) is 5.37. The quantitative estimate of drug-likeness (QED) is 0.725. The average molecular weight is 373 g/mol. The summed E-state index contributed by atoms with van der Waals surface area (Å²) in [6.45, 7) is 0. The lowest BCUT2D eigenvalue weighted by atomic mass is 10.1. The normalized spacial score (nSPS) is 10.4. The Kier molecular flexibility index (Phi) is 4.99. The number of anilines is 2. The van der Waals surface area contributed by atoms with Gasteiger partial charge in [-0.3, -0.25) is 0 Å². The number of rotatable bonds is 4. The van der Waals surface area contributed by atoms with Crippen molar-refractivity contribution in [2.24, 2.45) is 0 Å². The summed E-state index contributed by atoms with van der Waals surface area (Å²) < 4.78 is 11.6. The third-order valence-corrected chi connectivity index (χ3v) is 3.96. The zero-order valence-corrected chi connectivity index (χ0v) is 14.9. The topological polar surface area (TPSA) is 91.4 Å². The Bertz CT molecular complexity index is 938. The van der Waals surface area contributed by atoms with Gasteiger partial charge in [0.25, 0.3) is 0 Å². The molecule has 0 aliphatic rings. The highest BCUT2D eigenvalue weighted by Crippen LogP contribution is 2.30. The van der Waals surface area contributed by atoms with Gasteiger partial charge in [-0.2, -0.15) is 4.68 Å². The number of methoxy groups -OCH3 is 2. The van der Waals surface area contributed by atoms with Crippen LogP contribution in [0.2, 0.25) is 5.02 Å². The molecular weight excluding hydrogens is 356 g/mol. The SMILES string of the molecule is COc1ccc(NC(=O)n2nc(N)cc2-c2ccc(Cl)cc2)c(OC)c1. The van der Waals surface area contributed by atoms with Crippen molar-refractivity contribution >= 4 is 29.1 Å². The zero-order valence-electron chi connectivity index (χ0n) is 14.2. The monoisotopic (exact) mass is 372 g/mol. The molecule has 0 saturated carbocycles. The number of nitrogens with one attached hydrogen (secondary N) is 1. The number of nitrogens with zero attached hydrogens (tertiary/aromatic N) is 2. The Morgan fingerprint density at radius 1 is 1.12 bits per heavy atom. The van der Waals surface area contributed by atoms with E-state index in [9.17, 15) is 4.79 Å². The smallest absolute Gasteiger partial charge is 0.347 e. The van der Waals surface area contributed by atoms with Crippen molar-refractivity contribution in [3.63, 3.8) is 0 Å². The van der Waals surface area contributed by atoms with Gasteiger partial charge in [-0.15, -0.1) is 5.10 Å². The van der Waals surface area contributed by atoms with Crippen LogP contribution in [-0.4, -0.2) is 30.0 Å². The third-order valence-electron chi connectivity index (χ3n) is 3.71. The number of benzene rings is 2. The standard InChI is InChI=1S/C18H17ClN4O3/c1-25-13-7-8-14(16(9-13)26-2)21-18(24)23-15(10-17(20)22-23)11-3-5-12(19)6-4-11/h3-10H,1-2H3,(H2,20,22)(H,21,24). The van der Waals surface area contributed by atoms with E-state index in [1.807, 2.05) is 0 Å². The molecule has 26 heavy (non-hydrogen) atoms. The minimum absolute atomic E-state index is 0.229. The van der Waals surface area contributed by atoms with Gasteiger partial charge >= 0.3 is 6.03 Å². The highest BCUT2D eigenvalue weighted by atomic mass is 35.5. The van der Waals surface area contributed by atoms with Crippen LogP contribution in [0.3, 0.4) is 0 Å². The molecule has 0 atom stereocenters. The van der Waals surface area contributed by atoms with Gasteiger partial charge in [-0.25, -0.2) is 4.79 Å². The van der Waals surface area contributed by atoms with Crippen molar-refractivity contribution in [1.82, 2.24) is 9.78 Å². The van der Waals surface area contributed by atoms with Crippen molar-refractivity contribution in [3.05, 3.63) is 53.6 Å². The van der Waals surface area contributed by atoms with Gasteiger partial charge in [0.15, 0.2) is 0 Å². The van der Waals surface area contributed by atoms with Gasteiger partial charge in [0.1, 0.15) is 17.3 Å². The van der Waals surface area contributed by atoms with Crippen molar-refractivity contribution < 1.29 is 14.3 Å². The van der Waals surface area contributed by atoms with Gasteiger partial charge in [0.2, 0.25) is 0 Å². The predicted molar refractivity (Wildman–Crippen MR) is 101 cm³/mol. The van der Waals surface area contributed by atoms with Crippen molar-refractivity contribution in [1.29, 1.82) is 0 Å². The maximum Gasteiger partial charge on any atom is 0.347 e. The third kappa shape index (κ3) is 3.57. The first-order chi connectivity index (χ1) is 12.5. The molecule has 8 heteroatoms. The van der Waals surface area contributed by atoms with E-state index >= 15 is 0 Å². The Labute approximate surface area is 155 Å². The number of nitrogens with two attached hydrogens (primary N) is 1. The minimum atomic E-state index is -0.477. The van der Waals surface area contributed by atoms with Crippen LogP contribution >= 0.6 is 11.6 Å². The van der Waals surface area contributed by atoms with E-state index in [0.717, 1.165) is 5.56 Å². The van der Waals surface area contributed by atoms with Crippen molar-refractivity contribution in [2.45, 2.75) is 0 Å². The van der Waals surface area contributed by atoms with E-state index in [4.69, 9.17) is 26.8 Å². The van der Waals surface area contributed by atoms with E-state index in [2.05, 4.69) is 10.4 Å². The minimum Gasteiger partial charge on any atom is -0.497 e. The summed E-state index contributed by atoms with van der Waals surface area (Å²) in [5.41, 5.74) is 7.58.